The third-order valence-electron chi connectivity index (χ3n) is 5.23. The number of ether oxygens (including phenoxy) is 1. The number of benzene rings is 1. The molecule has 132 valence electrons. The molecule has 2 saturated heterocycles. The molecule has 2 amide bonds. The molecule has 0 saturated carbocycles. The molecule has 2 heterocycles. The third kappa shape index (κ3) is 3.66. The first-order chi connectivity index (χ1) is 11.6. The normalized spacial score (nSPS) is 23.8. The number of amides is 2. The van der Waals surface area contributed by atoms with Crippen molar-refractivity contribution >= 4 is 17.4 Å². The van der Waals surface area contributed by atoms with Crippen molar-refractivity contribution < 1.29 is 9.53 Å². The van der Waals surface area contributed by atoms with E-state index in [4.69, 9.17) is 4.74 Å². The Morgan fingerprint density at radius 2 is 2.17 bits per heavy atom. The molecule has 1 aromatic rings. The highest BCUT2D eigenvalue weighted by atomic mass is 16.5. The second kappa shape index (κ2) is 7.43. The smallest absolute Gasteiger partial charge is 0.322 e. The molecular weight excluding hydrogens is 302 g/mol. The summed E-state index contributed by atoms with van der Waals surface area (Å²) in [6.45, 7) is 5.96. The summed E-state index contributed by atoms with van der Waals surface area (Å²) in [5.41, 5.74) is 1.96. The van der Waals surface area contributed by atoms with E-state index >= 15 is 0 Å². The fraction of sp³-hybridized carbons (Fsp3) is 0.632. The first kappa shape index (κ1) is 17.1. The third-order valence-corrected chi connectivity index (χ3v) is 5.23. The van der Waals surface area contributed by atoms with Crippen LogP contribution in [0.15, 0.2) is 24.3 Å². The van der Waals surface area contributed by atoms with Crippen LogP contribution >= 0.6 is 0 Å². The highest BCUT2D eigenvalue weighted by Crippen LogP contribution is 2.29. The van der Waals surface area contributed by atoms with Crippen LogP contribution in [0.4, 0.5) is 16.2 Å². The van der Waals surface area contributed by atoms with Gasteiger partial charge in [-0.3, -0.25) is 0 Å². The quantitative estimate of drug-likeness (QED) is 0.915. The van der Waals surface area contributed by atoms with Gasteiger partial charge >= 0.3 is 6.03 Å². The van der Waals surface area contributed by atoms with Gasteiger partial charge in [0.25, 0.3) is 0 Å². The second-order valence-electron chi connectivity index (χ2n) is 7.14. The van der Waals surface area contributed by atoms with Gasteiger partial charge in [-0.15, -0.1) is 0 Å². The van der Waals surface area contributed by atoms with Crippen molar-refractivity contribution in [3.63, 3.8) is 0 Å². The number of likely N-dealkylation sites (tertiary alicyclic amines) is 1. The number of carbonyl (C=O) groups excluding carboxylic acids is 1. The lowest BCUT2D eigenvalue weighted by atomic mass is 10.1. The average molecular weight is 331 g/mol. The topological polar surface area (TPSA) is 44.8 Å². The van der Waals surface area contributed by atoms with Crippen molar-refractivity contribution in [3.05, 3.63) is 24.3 Å². The first-order valence-electron chi connectivity index (χ1n) is 9.08. The van der Waals surface area contributed by atoms with Crippen molar-refractivity contribution in [1.29, 1.82) is 0 Å². The van der Waals surface area contributed by atoms with E-state index in [0.29, 0.717) is 6.04 Å². The number of rotatable bonds is 4. The van der Waals surface area contributed by atoms with Gasteiger partial charge in [0.2, 0.25) is 0 Å². The Morgan fingerprint density at radius 3 is 2.88 bits per heavy atom. The number of nitrogens with one attached hydrogen (secondary N) is 1. The average Bonchev–Trinajstić information content (AvgIpc) is 3.24. The molecule has 0 bridgehead atoms. The van der Waals surface area contributed by atoms with Crippen LogP contribution in [0.3, 0.4) is 0 Å². The summed E-state index contributed by atoms with van der Waals surface area (Å²) in [6.07, 6.45) is 4.52. The maximum atomic E-state index is 12.7. The minimum Gasteiger partial charge on any atom is -0.376 e. The van der Waals surface area contributed by atoms with Gasteiger partial charge in [-0.05, 0) is 57.7 Å². The Morgan fingerprint density at radius 1 is 1.33 bits per heavy atom. The molecule has 2 atom stereocenters. The predicted octanol–water partition coefficient (Wildman–Crippen LogP) is 3.71. The molecule has 24 heavy (non-hydrogen) atoms. The summed E-state index contributed by atoms with van der Waals surface area (Å²) in [4.78, 5) is 16.9. The Labute approximate surface area is 145 Å². The second-order valence-corrected chi connectivity index (χ2v) is 7.14. The van der Waals surface area contributed by atoms with Crippen LogP contribution < -0.4 is 10.2 Å². The SMILES string of the molecule is CC(C)N(C)c1cccc(NC(=O)N2CCC[C@@H]2[C@H]2CCCO2)c1. The highest BCUT2D eigenvalue weighted by molar-refractivity contribution is 5.90. The summed E-state index contributed by atoms with van der Waals surface area (Å²) in [5.74, 6) is 0. The molecule has 1 aromatic carbocycles. The number of urea groups is 1. The van der Waals surface area contributed by atoms with Crippen LogP contribution in [0, 0.1) is 0 Å². The largest absolute Gasteiger partial charge is 0.376 e. The molecule has 0 aromatic heterocycles. The Kier molecular flexibility index (Phi) is 5.29. The Hall–Kier alpha value is -1.75. The van der Waals surface area contributed by atoms with Gasteiger partial charge in [0.15, 0.2) is 0 Å². The van der Waals surface area contributed by atoms with Gasteiger partial charge in [-0.1, -0.05) is 6.07 Å². The summed E-state index contributed by atoms with van der Waals surface area (Å²) >= 11 is 0. The molecule has 3 rings (SSSR count). The van der Waals surface area contributed by atoms with E-state index in [1.165, 1.54) is 0 Å². The highest BCUT2D eigenvalue weighted by Gasteiger charge is 2.36. The van der Waals surface area contributed by atoms with Gasteiger partial charge in [0, 0.05) is 37.6 Å². The molecule has 2 aliphatic heterocycles. The Balaban J connectivity index is 1.67. The zero-order valence-electron chi connectivity index (χ0n) is 15.0. The van der Waals surface area contributed by atoms with Crippen LogP contribution in [0.2, 0.25) is 0 Å². The van der Waals surface area contributed by atoms with Crippen molar-refractivity contribution in [1.82, 2.24) is 4.90 Å². The minimum atomic E-state index is -0.00245. The van der Waals surface area contributed by atoms with E-state index < -0.39 is 0 Å². The zero-order valence-corrected chi connectivity index (χ0v) is 15.0. The van der Waals surface area contributed by atoms with Crippen LogP contribution in [0.5, 0.6) is 0 Å². The molecule has 5 heteroatoms. The molecule has 1 N–H and O–H groups in total. The van der Waals surface area contributed by atoms with E-state index in [1.54, 1.807) is 0 Å². The molecule has 2 aliphatic rings. The molecule has 0 aliphatic carbocycles. The lowest BCUT2D eigenvalue weighted by Gasteiger charge is -2.29. The van der Waals surface area contributed by atoms with Crippen LogP contribution in [0.1, 0.15) is 39.5 Å². The van der Waals surface area contributed by atoms with E-state index in [1.807, 2.05) is 23.1 Å². The van der Waals surface area contributed by atoms with Crippen molar-refractivity contribution in [2.24, 2.45) is 0 Å². The number of hydrogen-bond donors (Lipinski definition) is 1. The van der Waals surface area contributed by atoms with Gasteiger partial charge in [-0.25, -0.2) is 4.79 Å². The standard InChI is InChI=1S/C19H29N3O2/c1-14(2)21(3)16-8-4-7-15(13-16)20-19(23)22-11-5-9-17(22)18-10-6-12-24-18/h4,7-8,13-14,17-18H,5-6,9-12H2,1-3H3,(H,20,23)/t17-,18-/m1/s1. The monoisotopic (exact) mass is 331 g/mol. The summed E-state index contributed by atoms with van der Waals surface area (Å²) in [7, 11) is 2.07. The van der Waals surface area contributed by atoms with E-state index in [9.17, 15) is 4.79 Å². The van der Waals surface area contributed by atoms with Gasteiger partial charge in [0.1, 0.15) is 0 Å². The Bertz CT molecular complexity index is 569. The lowest BCUT2D eigenvalue weighted by molar-refractivity contribution is 0.0543. The molecule has 0 radical (unpaired) electrons. The number of hydrogen-bond acceptors (Lipinski definition) is 3. The molecule has 0 unspecified atom stereocenters. The van der Waals surface area contributed by atoms with E-state index in [2.05, 4.69) is 37.2 Å². The maximum absolute atomic E-state index is 12.7. The van der Waals surface area contributed by atoms with E-state index in [-0.39, 0.29) is 18.2 Å². The van der Waals surface area contributed by atoms with Crippen LogP contribution in [-0.2, 0) is 4.74 Å². The fourth-order valence-corrected chi connectivity index (χ4v) is 3.63. The predicted molar refractivity (Wildman–Crippen MR) is 97.7 cm³/mol. The van der Waals surface area contributed by atoms with E-state index in [0.717, 1.165) is 50.2 Å². The number of carbonyl (C=O) groups is 1. The maximum Gasteiger partial charge on any atom is 0.322 e. The molecular formula is C19H29N3O2. The summed E-state index contributed by atoms with van der Waals surface area (Å²) < 4.78 is 5.82. The lowest BCUT2D eigenvalue weighted by Crippen LogP contribution is -2.44. The fourth-order valence-electron chi connectivity index (χ4n) is 3.63. The minimum absolute atomic E-state index is 0.00245. The van der Waals surface area contributed by atoms with Crippen LogP contribution in [-0.4, -0.2) is 49.3 Å². The van der Waals surface area contributed by atoms with Gasteiger partial charge < -0.3 is 19.9 Å². The summed E-state index contributed by atoms with van der Waals surface area (Å²) in [5, 5.41) is 3.08. The van der Waals surface area contributed by atoms with Gasteiger partial charge in [-0.2, -0.15) is 0 Å². The van der Waals surface area contributed by atoms with Crippen molar-refractivity contribution in [2.75, 3.05) is 30.4 Å². The van der Waals surface area contributed by atoms with Gasteiger partial charge in [0.05, 0.1) is 12.1 Å². The molecule has 0 spiro atoms. The molecule has 5 nitrogen and oxygen atoms in total. The summed E-state index contributed by atoms with van der Waals surface area (Å²) in [6, 6.07) is 8.69. The van der Waals surface area contributed by atoms with Crippen molar-refractivity contribution in [2.45, 2.75) is 57.7 Å². The number of nitrogens with zero attached hydrogens (tertiary/aromatic N) is 2. The van der Waals surface area contributed by atoms with Crippen LogP contribution in [0.25, 0.3) is 0 Å². The van der Waals surface area contributed by atoms with Crippen molar-refractivity contribution in [3.8, 4) is 0 Å². The zero-order chi connectivity index (χ0) is 17.1. The number of anilines is 2. The molecule has 2 fully saturated rings. The first-order valence-corrected chi connectivity index (χ1v) is 9.08.